The number of benzene rings is 7. The fraction of sp³-hybridized carbons (Fsp3) is 0.0625. The molecule has 7 aromatic carbocycles. The van der Waals surface area contributed by atoms with Gasteiger partial charge < -0.3 is 9.32 Å². The first-order valence-electron chi connectivity index (χ1n) is 17.6. The Morgan fingerprint density at radius 1 is 0.471 bits per heavy atom. The van der Waals surface area contributed by atoms with Crippen LogP contribution >= 0.6 is 0 Å². The number of pyridine rings is 1. The van der Waals surface area contributed by atoms with E-state index in [2.05, 4.69) is 152 Å². The number of hydrogen-bond donors (Lipinski definition) is 0. The minimum atomic E-state index is -0.113. The Morgan fingerprint density at radius 2 is 1.14 bits per heavy atom. The van der Waals surface area contributed by atoms with E-state index < -0.39 is 0 Å². The summed E-state index contributed by atoms with van der Waals surface area (Å²) >= 11 is 0. The molecule has 0 bridgehead atoms. The van der Waals surface area contributed by atoms with Gasteiger partial charge in [-0.1, -0.05) is 111 Å². The van der Waals surface area contributed by atoms with Crippen LogP contribution < -0.4 is 4.90 Å². The first-order valence-corrected chi connectivity index (χ1v) is 17.6. The zero-order valence-corrected chi connectivity index (χ0v) is 28.3. The van der Waals surface area contributed by atoms with Gasteiger partial charge in [-0.05, 0) is 98.6 Å². The van der Waals surface area contributed by atoms with Crippen molar-refractivity contribution in [2.75, 3.05) is 4.90 Å². The number of nitrogens with zero attached hydrogens (tertiary/aromatic N) is 2. The molecule has 0 saturated heterocycles. The molecule has 0 aliphatic heterocycles. The van der Waals surface area contributed by atoms with E-state index in [0.29, 0.717) is 0 Å². The largest absolute Gasteiger partial charge is 0.456 e. The van der Waals surface area contributed by atoms with Crippen molar-refractivity contribution in [1.29, 1.82) is 0 Å². The summed E-state index contributed by atoms with van der Waals surface area (Å²) in [6.07, 6.45) is 4.07. The number of anilines is 3. The third kappa shape index (κ3) is 3.97. The van der Waals surface area contributed by atoms with E-state index >= 15 is 0 Å². The highest BCUT2D eigenvalue weighted by atomic mass is 16.3. The summed E-state index contributed by atoms with van der Waals surface area (Å²) in [7, 11) is 0. The van der Waals surface area contributed by atoms with Gasteiger partial charge in [-0.3, -0.25) is 4.98 Å². The van der Waals surface area contributed by atoms with Crippen LogP contribution in [0.4, 0.5) is 17.1 Å². The fourth-order valence-electron chi connectivity index (χ4n) is 8.82. The quantitative estimate of drug-likeness (QED) is 0.189. The van der Waals surface area contributed by atoms with Crippen LogP contribution in [0.5, 0.6) is 0 Å². The average molecular weight is 653 g/mol. The summed E-state index contributed by atoms with van der Waals surface area (Å²) in [6, 6.07) is 52.9. The van der Waals surface area contributed by atoms with Crippen LogP contribution in [0.1, 0.15) is 25.0 Å². The Hall–Kier alpha value is -6.45. The van der Waals surface area contributed by atoms with E-state index in [1.165, 1.54) is 49.9 Å². The van der Waals surface area contributed by atoms with Crippen LogP contribution in [0.15, 0.2) is 162 Å². The third-order valence-corrected chi connectivity index (χ3v) is 11.3. The van der Waals surface area contributed by atoms with E-state index in [1.807, 2.05) is 24.5 Å². The molecule has 240 valence electrons. The molecule has 2 heterocycles. The predicted molar refractivity (Wildman–Crippen MR) is 211 cm³/mol. The van der Waals surface area contributed by atoms with Gasteiger partial charge in [0.05, 0.1) is 5.69 Å². The lowest BCUT2D eigenvalue weighted by molar-refractivity contribution is 0.660. The van der Waals surface area contributed by atoms with E-state index in [1.54, 1.807) is 0 Å². The normalized spacial score (nSPS) is 13.5. The molecule has 2 aromatic heterocycles. The molecule has 2 aliphatic rings. The van der Waals surface area contributed by atoms with Gasteiger partial charge in [0.25, 0.3) is 0 Å². The molecule has 3 heteroatoms. The summed E-state index contributed by atoms with van der Waals surface area (Å²) in [5, 5.41) is 4.68. The third-order valence-electron chi connectivity index (χ3n) is 11.3. The van der Waals surface area contributed by atoms with Gasteiger partial charge in [0, 0.05) is 56.3 Å². The van der Waals surface area contributed by atoms with Gasteiger partial charge in [0.15, 0.2) is 0 Å². The zero-order chi connectivity index (χ0) is 33.8. The molecule has 51 heavy (non-hydrogen) atoms. The standard InChI is InChI=1S/C48H32N2O/c1-48(2)42-13-7-5-11-35(42)36-21-20-32(26-43(36)48)50(44-23-22-38-33-9-3-4-10-34(33)40-27-49-28-41(44)47(38)40)31-18-15-29(16-19-31)30-17-24-46-39(25-30)37-12-6-8-14-45(37)51-46/h3-28H,1-2H3. The fourth-order valence-corrected chi connectivity index (χ4v) is 8.82. The smallest absolute Gasteiger partial charge is 0.135 e. The molecule has 3 nitrogen and oxygen atoms in total. The van der Waals surface area contributed by atoms with Gasteiger partial charge in [-0.25, -0.2) is 0 Å². The van der Waals surface area contributed by atoms with Crippen molar-refractivity contribution in [2.24, 2.45) is 0 Å². The van der Waals surface area contributed by atoms with Crippen molar-refractivity contribution in [3.05, 3.63) is 169 Å². The van der Waals surface area contributed by atoms with Crippen LogP contribution in [-0.2, 0) is 5.41 Å². The molecule has 11 rings (SSSR count). The molecule has 0 spiro atoms. The molecule has 0 N–H and O–H groups in total. The number of para-hydroxylation sites is 1. The van der Waals surface area contributed by atoms with Gasteiger partial charge in [-0.2, -0.15) is 0 Å². The van der Waals surface area contributed by atoms with Crippen molar-refractivity contribution in [3.63, 3.8) is 0 Å². The summed E-state index contributed by atoms with van der Waals surface area (Å²) < 4.78 is 6.12. The second-order valence-corrected chi connectivity index (χ2v) is 14.4. The molecule has 0 radical (unpaired) electrons. The molecular formula is C48H32N2O. The maximum atomic E-state index is 6.12. The Balaban J connectivity index is 1.09. The maximum Gasteiger partial charge on any atom is 0.135 e. The lowest BCUT2D eigenvalue weighted by atomic mass is 9.82. The van der Waals surface area contributed by atoms with Crippen LogP contribution in [0.2, 0.25) is 0 Å². The van der Waals surface area contributed by atoms with Crippen LogP contribution in [0.3, 0.4) is 0 Å². The molecular weight excluding hydrogens is 621 g/mol. The van der Waals surface area contributed by atoms with Crippen molar-refractivity contribution in [1.82, 2.24) is 4.98 Å². The Bertz CT molecular complexity index is 2870. The highest BCUT2D eigenvalue weighted by molar-refractivity contribution is 6.18. The molecule has 2 aliphatic carbocycles. The van der Waals surface area contributed by atoms with Crippen molar-refractivity contribution in [2.45, 2.75) is 19.3 Å². The first kappa shape index (κ1) is 28.4. The summed E-state index contributed by atoms with van der Waals surface area (Å²) in [6.45, 7) is 4.70. The zero-order valence-electron chi connectivity index (χ0n) is 28.3. The van der Waals surface area contributed by atoms with E-state index in [4.69, 9.17) is 9.40 Å². The Morgan fingerprint density at radius 3 is 2.00 bits per heavy atom. The highest BCUT2D eigenvalue weighted by Gasteiger charge is 2.36. The van der Waals surface area contributed by atoms with Crippen molar-refractivity contribution >= 4 is 49.8 Å². The van der Waals surface area contributed by atoms with Gasteiger partial charge in [0.1, 0.15) is 11.2 Å². The van der Waals surface area contributed by atoms with Gasteiger partial charge in [-0.15, -0.1) is 0 Å². The molecule has 0 saturated carbocycles. The monoisotopic (exact) mass is 652 g/mol. The average Bonchev–Trinajstić information content (AvgIpc) is 3.79. The molecule has 0 unspecified atom stereocenters. The molecule has 0 amide bonds. The number of aromatic nitrogens is 1. The van der Waals surface area contributed by atoms with Crippen LogP contribution in [0, 0.1) is 0 Å². The molecule has 9 aromatic rings. The lowest BCUT2D eigenvalue weighted by Crippen LogP contribution is -2.16. The number of furan rings is 1. The van der Waals surface area contributed by atoms with Crippen LogP contribution in [-0.4, -0.2) is 4.98 Å². The minimum Gasteiger partial charge on any atom is -0.456 e. The van der Waals surface area contributed by atoms with Crippen LogP contribution in [0.25, 0.3) is 77.2 Å². The molecule has 0 fully saturated rings. The number of fused-ring (bicyclic) bond motifs is 9. The first-order chi connectivity index (χ1) is 25.0. The molecule has 0 atom stereocenters. The second-order valence-electron chi connectivity index (χ2n) is 14.4. The van der Waals surface area contributed by atoms with Gasteiger partial charge in [0.2, 0.25) is 0 Å². The minimum absolute atomic E-state index is 0.113. The summed E-state index contributed by atoms with van der Waals surface area (Å²) in [4.78, 5) is 7.24. The second kappa shape index (κ2) is 10.3. The van der Waals surface area contributed by atoms with Gasteiger partial charge >= 0.3 is 0 Å². The van der Waals surface area contributed by atoms with E-state index in [-0.39, 0.29) is 5.41 Å². The Kier molecular flexibility index (Phi) is 5.73. The maximum absolute atomic E-state index is 6.12. The van der Waals surface area contributed by atoms with Crippen molar-refractivity contribution in [3.8, 4) is 44.5 Å². The van der Waals surface area contributed by atoms with Crippen molar-refractivity contribution < 1.29 is 4.42 Å². The predicted octanol–water partition coefficient (Wildman–Crippen LogP) is 13.2. The van der Waals surface area contributed by atoms with E-state index in [9.17, 15) is 0 Å². The summed E-state index contributed by atoms with van der Waals surface area (Å²) in [5.41, 5.74) is 17.7. The summed E-state index contributed by atoms with van der Waals surface area (Å²) in [5.74, 6) is 0. The number of hydrogen-bond acceptors (Lipinski definition) is 3. The van der Waals surface area contributed by atoms with E-state index in [0.717, 1.165) is 55.5 Å². The Labute approximate surface area is 296 Å². The highest BCUT2D eigenvalue weighted by Crippen LogP contribution is 2.53. The topological polar surface area (TPSA) is 29.3 Å². The lowest BCUT2D eigenvalue weighted by Gasteiger charge is -2.29. The SMILES string of the molecule is CC1(C)c2ccccc2-c2ccc(N(c3ccc(-c4ccc5oc6ccccc6c5c4)cc3)c3ccc4c5c(cncc35)-c3ccccc3-4)cc21. The number of rotatable bonds is 4.